The number of rotatable bonds is 6. The van der Waals surface area contributed by atoms with Crippen molar-refractivity contribution in [1.29, 1.82) is 0 Å². The Labute approximate surface area is 131 Å². The Bertz CT molecular complexity index is 561. The first-order chi connectivity index (χ1) is 11.0. The molecule has 0 aliphatic carbocycles. The Kier molecular flexibility index (Phi) is 5.86. The highest BCUT2D eigenvalue weighted by atomic mass is 19.3. The standard InChI is InChI=1S/C15H17F2NO5/c16-15(17)23-11-5-1-3-9(7-11)13(19)18-12(14(20)21)10-4-2-6-22-8-10/h1,3,5,7,10,12,15H,2,4,6,8H2,(H,18,19)(H,20,21). The van der Waals surface area contributed by atoms with Crippen LogP contribution in [0.5, 0.6) is 5.75 Å². The van der Waals surface area contributed by atoms with Crippen LogP contribution in [0.3, 0.4) is 0 Å². The summed E-state index contributed by atoms with van der Waals surface area (Å²) in [4.78, 5) is 23.6. The molecule has 1 aromatic rings. The Morgan fingerprint density at radius 1 is 1.39 bits per heavy atom. The monoisotopic (exact) mass is 329 g/mol. The highest BCUT2D eigenvalue weighted by Gasteiger charge is 2.31. The fourth-order valence-corrected chi connectivity index (χ4v) is 2.45. The fraction of sp³-hybridized carbons (Fsp3) is 0.467. The number of hydrogen-bond acceptors (Lipinski definition) is 4. The molecular formula is C15H17F2NO5. The van der Waals surface area contributed by atoms with Gasteiger partial charge in [-0.15, -0.1) is 0 Å². The molecule has 2 atom stereocenters. The zero-order valence-corrected chi connectivity index (χ0v) is 12.2. The summed E-state index contributed by atoms with van der Waals surface area (Å²) >= 11 is 0. The first-order valence-electron chi connectivity index (χ1n) is 7.13. The van der Waals surface area contributed by atoms with Crippen molar-refractivity contribution in [2.75, 3.05) is 13.2 Å². The van der Waals surface area contributed by atoms with Crippen molar-refractivity contribution in [2.45, 2.75) is 25.5 Å². The molecule has 2 N–H and O–H groups in total. The van der Waals surface area contributed by atoms with Crippen molar-refractivity contribution >= 4 is 11.9 Å². The Morgan fingerprint density at radius 2 is 2.17 bits per heavy atom. The molecule has 23 heavy (non-hydrogen) atoms. The van der Waals surface area contributed by atoms with Gasteiger partial charge in [0.05, 0.1) is 6.61 Å². The molecule has 0 radical (unpaired) electrons. The normalized spacial score (nSPS) is 19.2. The molecule has 1 saturated heterocycles. The third-order valence-corrected chi connectivity index (χ3v) is 3.54. The summed E-state index contributed by atoms with van der Waals surface area (Å²) in [5.41, 5.74) is 0.0473. The van der Waals surface area contributed by atoms with Crippen molar-refractivity contribution in [3.63, 3.8) is 0 Å². The third kappa shape index (κ3) is 4.88. The predicted molar refractivity (Wildman–Crippen MR) is 75.5 cm³/mol. The number of hydrogen-bond donors (Lipinski definition) is 2. The molecule has 1 aromatic carbocycles. The van der Waals surface area contributed by atoms with Gasteiger partial charge in [0.15, 0.2) is 0 Å². The van der Waals surface area contributed by atoms with Gasteiger partial charge in [0.1, 0.15) is 11.8 Å². The summed E-state index contributed by atoms with van der Waals surface area (Å²) in [6, 6.07) is 4.10. The lowest BCUT2D eigenvalue weighted by Gasteiger charge is -2.28. The molecule has 1 fully saturated rings. The number of halogens is 2. The van der Waals surface area contributed by atoms with Crippen LogP contribution in [0.15, 0.2) is 24.3 Å². The Hall–Kier alpha value is -2.22. The van der Waals surface area contributed by atoms with E-state index in [1.165, 1.54) is 18.2 Å². The Balaban J connectivity index is 2.07. The highest BCUT2D eigenvalue weighted by molar-refractivity contribution is 5.97. The molecule has 8 heteroatoms. The fourth-order valence-electron chi connectivity index (χ4n) is 2.45. The summed E-state index contributed by atoms with van der Waals surface area (Å²) in [5.74, 6) is -2.32. The van der Waals surface area contributed by atoms with Crippen molar-refractivity contribution in [2.24, 2.45) is 5.92 Å². The van der Waals surface area contributed by atoms with Crippen LogP contribution in [0.4, 0.5) is 8.78 Å². The zero-order chi connectivity index (χ0) is 16.8. The average Bonchev–Trinajstić information content (AvgIpc) is 2.52. The van der Waals surface area contributed by atoms with Gasteiger partial charge in [0, 0.05) is 18.1 Å². The van der Waals surface area contributed by atoms with E-state index in [2.05, 4.69) is 10.1 Å². The first kappa shape index (κ1) is 17.1. The SMILES string of the molecule is O=C(NC(C(=O)O)C1CCCOC1)c1cccc(OC(F)F)c1. The second kappa shape index (κ2) is 7.87. The van der Waals surface area contributed by atoms with Crippen LogP contribution in [-0.2, 0) is 9.53 Å². The van der Waals surface area contributed by atoms with E-state index in [1.54, 1.807) is 0 Å². The second-order valence-electron chi connectivity index (χ2n) is 5.17. The quantitative estimate of drug-likeness (QED) is 0.833. The van der Waals surface area contributed by atoms with Crippen molar-refractivity contribution < 1.29 is 33.0 Å². The molecule has 2 unspecified atom stereocenters. The molecule has 1 amide bonds. The minimum atomic E-state index is -3.00. The molecule has 6 nitrogen and oxygen atoms in total. The topological polar surface area (TPSA) is 84.9 Å². The molecule has 0 spiro atoms. The second-order valence-corrected chi connectivity index (χ2v) is 5.17. The summed E-state index contributed by atoms with van der Waals surface area (Å²) in [6.07, 6.45) is 1.35. The van der Waals surface area contributed by atoms with Gasteiger partial charge in [-0.1, -0.05) is 6.07 Å². The number of carboxylic acid groups (broad SMARTS) is 1. The predicted octanol–water partition coefficient (Wildman–Crippen LogP) is 1.90. The number of amides is 1. The van der Waals surface area contributed by atoms with Crippen LogP contribution in [-0.4, -0.2) is 42.9 Å². The lowest BCUT2D eigenvalue weighted by molar-refractivity contribution is -0.142. The van der Waals surface area contributed by atoms with Gasteiger partial charge in [-0.05, 0) is 31.0 Å². The summed E-state index contributed by atoms with van der Waals surface area (Å²) in [7, 11) is 0. The summed E-state index contributed by atoms with van der Waals surface area (Å²) in [5, 5.41) is 11.7. The Morgan fingerprint density at radius 3 is 2.78 bits per heavy atom. The molecule has 0 aromatic heterocycles. The van der Waals surface area contributed by atoms with E-state index < -0.39 is 24.5 Å². The van der Waals surface area contributed by atoms with Gasteiger partial charge in [-0.25, -0.2) is 4.79 Å². The lowest BCUT2D eigenvalue weighted by atomic mass is 9.93. The lowest BCUT2D eigenvalue weighted by Crippen LogP contribution is -2.48. The van der Waals surface area contributed by atoms with Crippen LogP contribution in [0.2, 0.25) is 0 Å². The smallest absolute Gasteiger partial charge is 0.387 e. The molecule has 126 valence electrons. The molecule has 1 aliphatic rings. The number of carbonyl (C=O) groups is 2. The van der Waals surface area contributed by atoms with E-state index in [0.717, 1.165) is 12.5 Å². The molecular weight excluding hydrogens is 312 g/mol. The van der Waals surface area contributed by atoms with Crippen molar-refractivity contribution in [3.8, 4) is 5.75 Å². The van der Waals surface area contributed by atoms with Crippen LogP contribution >= 0.6 is 0 Å². The maximum Gasteiger partial charge on any atom is 0.387 e. The van der Waals surface area contributed by atoms with Crippen LogP contribution < -0.4 is 10.1 Å². The van der Waals surface area contributed by atoms with Crippen LogP contribution in [0.25, 0.3) is 0 Å². The molecule has 2 rings (SSSR count). The van der Waals surface area contributed by atoms with Crippen LogP contribution in [0, 0.1) is 5.92 Å². The largest absolute Gasteiger partial charge is 0.480 e. The van der Waals surface area contributed by atoms with E-state index in [9.17, 15) is 23.5 Å². The van der Waals surface area contributed by atoms with E-state index in [4.69, 9.17) is 4.74 Å². The van der Waals surface area contributed by atoms with Crippen LogP contribution in [0.1, 0.15) is 23.2 Å². The summed E-state index contributed by atoms with van der Waals surface area (Å²) in [6.45, 7) is -2.17. The van der Waals surface area contributed by atoms with Gasteiger partial charge in [-0.2, -0.15) is 8.78 Å². The maximum atomic E-state index is 12.2. The number of ether oxygens (including phenoxy) is 2. The molecule has 1 aliphatic heterocycles. The first-order valence-corrected chi connectivity index (χ1v) is 7.13. The van der Waals surface area contributed by atoms with E-state index in [1.807, 2.05) is 0 Å². The minimum absolute atomic E-state index is 0.0473. The van der Waals surface area contributed by atoms with E-state index >= 15 is 0 Å². The van der Waals surface area contributed by atoms with Gasteiger partial charge in [0.2, 0.25) is 0 Å². The van der Waals surface area contributed by atoms with E-state index in [-0.39, 0.29) is 23.8 Å². The third-order valence-electron chi connectivity index (χ3n) is 3.54. The number of alkyl halides is 2. The van der Waals surface area contributed by atoms with Crippen molar-refractivity contribution in [1.82, 2.24) is 5.32 Å². The summed E-state index contributed by atoms with van der Waals surface area (Å²) < 4.78 is 33.9. The van der Waals surface area contributed by atoms with Gasteiger partial charge >= 0.3 is 12.6 Å². The van der Waals surface area contributed by atoms with Gasteiger partial charge in [0.25, 0.3) is 5.91 Å². The molecule has 0 bridgehead atoms. The van der Waals surface area contributed by atoms with Gasteiger partial charge in [-0.3, -0.25) is 4.79 Å². The highest BCUT2D eigenvalue weighted by Crippen LogP contribution is 2.20. The number of carbonyl (C=O) groups excluding carboxylic acids is 1. The zero-order valence-electron chi connectivity index (χ0n) is 12.2. The average molecular weight is 329 g/mol. The number of nitrogens with one attached hydrogen (secondary N) is 1. The van der Waals surface area contributed by atoms with Crippen molar-refractivity contribution in [3.05, 3.63) is 29.8 Å². The molecule has 1 heterocycles. The number of aliphatic carboxylic acids is 1. The number of carboxylic acids is 1. The molecule has 0 saturated carbocycles. The van der Waals surface area contributed by atoms with E-state index in [0.29, 0.717) is 13.0 Å². The van der Waals surface area contributed by atoms with Gasteiger partial charge < -0.3 is 19.9 Å². The minimum Gasteiger partial charge on any atom is -0.480 e. The number of benzene rings is 1. The maximum absolute atomic E-state index is 12.2.